The molecule has 2 aromatic heterocycles. The molecule has 0 saturated heterocycles. The number of ether oxygens (including phenoxy) is 1. The number of hydrogen-bond acceptors (Lipinski definition) is 7. The number of aromatic nitrogens is 4. The third kappa shape index (κ3) is 5.30. The predicted molar refractivity (Wildman–Crippen MR) is 95.9 cm³/mol. The molecule has 0 aromatic carbocycles. The summed E-state index contributed by atoms with van der Waals surface area (Å²) < 4.78 is 36.9. The van der Waals surface area contributed by atoms with Crippen molar-refractivity contribution in [1.82, 2.24) is 19.9 Å². The standard InChI is InChI=1S/C16H19N5O.C2HF3O2/c1-22-15-8-14(18-10-19-15)21-6-4-12-13(5-7-21)17-9-20-16(12)11-2-3-11;3-2(4,5)1(6)7/h8-11H,2-7H2,1H3;(H,6,7). The number of carbonyl (C=O) groups is 1. The second kappa shape index (κ2) is 8.58. The molecule has 1 N–H and O–H groups in total. The van der Waals surface area contributed by atoms with Gasteiger partial charge in [-0.05, 0) is 24.8 Å². The maximum Gasteiger partial charge on any atom is 0.490 e. The molecule has 0 spiro atoms. The highest BCUT2D eigenvalue weighted by Crippen LogP contribution is 2.41. The molecule has 0 amide bonds. The molecule has 11 heteroatoms. The number of nitrogens with zero attached hydrogens (tertiary/aromatic N) is 5. The highest BCUT2D eigenvalue weighted by Gasteiger charge is 2.38. The normalized spacial score (nSPS) is 16.2. The van der Waals surface area contributed by atoms with Crippen molar-refractivity contribution < 1.29 is 27.8 Å². The van der Waals surface area contributed by atoms with E-state index in [0.717, 1.165) is 31.7 Å². The Bertz CT molecular complexity index is 874. The van der Waals surface area contributed by atoms with Crippen LogP contribution in [0.2, 0.25) is 0 Å². The van der Waals surface area contributed by atoms with Gasteiger partial charge >= 0.3 is 12.1 Å². The number of carboxylic acids is 1. The SMILES string of the molecule is COc1cc(N2CCc3ncnc(C4CC4)c3CC2)ncn1.O=C(O)C(F)(F)F. The van der Waals surface area contributed by atoms with Crippen molar-refractivity contribution in [1.29, 1.82) is 0 Å². The molecule has 4 rings (SSSR count). The van der Waals surface area contributed by atoms with Gasteiger partial charge < -0.3 is 14.7 Å². The molecule has 156 valence electrons. The van der Waals surface area contributed by atoms with Crippen molar-refractivity contribution >= 4 is 11.8 Å². The smallest absolute Gasteiger partial charge is 0.481 e. The van der Waals surface area contributed by atoms with E-state index in [1.807, 2.05) is 6.07 Å². The average molecular weight is 411 g/mol. The average Bonchev–Trinajstić information content (AvgIpc) is 3.54. The molecule has 0 unspecified atom stereocenters. The van der Waals surface area contributed by atoms with Gasteiger partial charge in [0.25, 0.3) is 0 Å². The summed E-state index contributed by atoms with van der Waals surface area (Å²) in [6, 6.07) is 1.89. The van der Waals surface area contributed by atoms with Crippen molar-refractivity contribution in [2.24, 2.45) is 0 Å². The quantitative estimate of drug-likeness (QED) is 0.822. The fraction of sp³-hybridized carbons (Fsp3) is 0.500. The fourth-order valence-electron chi connectivity index (χ4n) is 3.10. The van der Waals surface area contributed by atoms with Gasteiger partial charge in [-0.3, -0.25) is 0 Å². The molecular weight excluding hydrogens is 391 g/mol. The van der Waals surface area contributed by atoms with E-state index >= 15 is 0 Å². The second-order valence-corrected chi connectivity index (χ2v) is 6.67. The number of aliphatic carboxylic acids is 1. The summed E-state index contributed by atoms with van der Waals surface area (Å²) in [4.78, 5) is 28.7. The molecule has 1 fully saturated rings. The minimum absolute atomic E-state index is 0.602. The van der Waals surface area contributed by atoms with Crippen LogP contribution in [0.15, 0.2) is 18.7 Å². The van der Waals surface area contributed by atoms with Gasteiger partial charge in [-0.2, -0.15) is 13.2 Å². The Morgan fingerprint density at radius 1 is 1.14 bits per heavy atom. The molecule has 1 aliphatic heterocycles. The number of hydrogen-bond donors (Lipinski definition) is 1. The molecule has 29 heavy (non-hydrogen) atoms. The van der Waals surface area contributed by atoms with E-state index in [9.17, 15) is 13.2 Å². The van der Waals surface area contributed by atoms with Crippen LogP contribution in [0.3, 0.4) is 0 Å². The van der Waals surface area contributed by atoms with Crippen LogP contribution in [0, 0.1) is 0 Å². The highest BCUT2D eigenvalue weighted by atomic mass is 19.4. The van der Waals surface area contributed by atoms with E-state index < -0.39 is 12.1 Å². The van der Waals surface area contributed by atoms with Gasteiger partial charge in [0, 0.05) is 37.2 Å². The summed E-state index contributed by atoms with van der Waals surface area (Å²) >= 11 is 0. The number of halogens is 3. The minimum atomic E-state index is -5.08. The Kier molecular flexibility index (Phi) is 6.14. The zero-order valence-corrected chi connectivity index (χ0v) is 15.7. The minimum Gasteiger partial charge on any atom is -0.481 e. The molecule has 3 heterocycles. The number of rotatable bonds is 3. The molecular formula is C18H20F3N5O3. The molecule has 0 radical (unpaired) electrons. The fourth-order valence-corrected chi connectivity index (χ4v) is 3.10. The van der Waals surface area contributed by atoms with Crippen molar-refractivity contribution in [3.8, 4) is 5.88 Å². The Balaban J connectivity index is 0.000000298. The lowest BCUT2D eigenvalue weighted by atomic mass is 10.0. The first-order valence-corrected chi connectivity index (χ1v) is 9.03. The van der Waals surface area contributed by atoms with Gasteiger partial charge in [0.1, 0.15) is 18.5 Å². The van der Waals surface area contributed by atoms with Crippen molar-refractivity contribution in [3.63, 3.8) is 0 Å². The third-order valence-corrected chi connectivity index (χ3v) is 4.69. The zero-order chi connectivity index (χ0) is 21.0. The van der Waals surface area contributed by atoms with Crippen LogP contribution >= 0.6 is 0 Å². The maximum atomic E-state index is 10.6. The number of fused-ring (bicyclic) bond motifs is 1. The van der Waals surface area contributed by atoms with Gasteiger partial charge in [0.15, 0.2) is 0 Å². The summed E-state index contributed by atoms with van der Waals surface area (Å²) in [6.45, 7) is 1.84. The number of anilines is 1. The molecule has 1 aliphatic carbocycles. The first kappa shape index (κ1) is 20.7. The molecule has 1 saturated carbocycles. The summed E-state index contributed by atoms with van der Waals surface area (Å²) in [7, 11) is 1.63. The third-order valence-electron chi connectivity index (χ3n) is 4.69. The largest absolute Gasteiger partial charge is 0.490 e. The lowest BCUT2D eigenvalue weighted by molar-refractivity contribution is -0.192. The van der Waals surface area contributed by atoms with Crippen molar-refractivity contribution in [2.75, 3.05) is 25.1 Å². The first-order chi connectivity index (χ1) is 13.8. The molecule has 0 atom stereocenters. The Morgan fingerprint density at radius 2 is 1.79 bits per heavy atom. The summed E-state index contributed by atoms with van der Waals surface area (Å²) in [5, 5.41) is 7.12. The molecule has 8 nitrogen and oxygen atoms in total. The highest BCUT2D eigenvalue weighted by molar-refractivity contribution is 5.73. The Labute approximate surface area is 164 Å². The monoisotopic (exact) mass is 411 g/mol. The lowest BCUT2D eigenvalue weighted by Gasteiger charge is -2.21. The summed E-state index contributed by atoms with van der Waals surface area (Å²) in [6.07, 6.45) is 2.67. The Morgan fingerprint density at radius 3 is 2.41 bits per heavy atom. The van der Waals surface area contributed by atoms with E-state index in [-0.39, 0.29) is 0 Å². The van der Waals surface area contributed by atoms with E-state index in [0.29, 0.717) is 11.8 Å². The van der Waals surface area contributed by atoms with Crippen LogP contribution in [0.25, 0.3) is 0 Å². The van der Waals surface area contributed by atoms with Gasteiger partial charge in [0.05, 0.1) is 12.8 Å². The summed E-state index contributed by atoms with van der Waals surface area (Å²) in [5.41, 5.74) is 3.86. The van der Waals surface area contributed by atoms with Gasteiger partial charge in [0.2, 0.25) is 5.88 Å². The van der Waals surface area contributed by atoms with Crippen LogP contribution in [-0.4, -0.2) is 57.4 Å². The zero-order valence-electron chi connectivity index (χ0n) is 15.7. The van der Waals surface area contributed by atoms with E-state index in [1.165, 1.54) is 29.8 Å². The van der Waals surface area contributed by atoms with Crippen LogP contribution < -0.4 is 9.64 Å². The number of carboxylic acid groups (broad SMARTS) is 1. The van der Waals surface area contributed by atoms with E-state index in [1.54, 1.807) is 19.8 Å². The summed E-state index contributed by atoms with van der Waals surface area (Å²) in [5.74, 6) is -0.569. The molecule has 2 aliphatic rings. The van der Waals surface area contributed by atoms with Crippen LogP contribution in [-0.2, 0) is 17.6 Å². The second-order valence-electron chi connectivity index (χ2n) is 6.67. The maximum absolute atomic E-state index is 10.6. The molecule has 0 bridgehead atoms. The number of alkyl halides is 3. The van der Waals surface area contributed by atoms with Gasteiger partial charge in [-0.25, -0.2) is 24.7 Å². The topological polar surface area (TPSA) is 101 Å². The van der Waals surface area contributed by atoms with E-state index in [4.69, 9.17) is 14.6 Å². The lowest BCUT2D eigenvalue weighted by Crippen LogP contribution is -2.27. The van der Waals surface area contributed by atoms with Gasteiger partial charge in [-0.15, -0.1) is 0 Å². The van der Waals surface area contributed by atoms with Gasteiger partial charge in [-0.1, -0.05) is 0 Å². The van der Waals surface area contributed by atoms with Crippen LogP contribution in [0.5, 0.6) is 5.88 Å². The Hall–Kier alpha value is -2.98. The van der Waals surface area contributed by atoms with Crippen LogP contribution in [0.4, 0.5) is 19.0 Å². The first-order valence-electron chi connectivity index (χ1n) is 9.03. The van der Waals surface area contributed by atoms with E-state index in [2.05, 4.69) is 24.8 Å². The van der Waals surface area contributed by atoms with Crippen LogP contribution in [0.1, 0.15) is 35.7 Å². The molecule has 2 aromatic rings. The van der Waals surface area contributed by atoms with Crippen molar-refractivity contribution in [3.05, 3.63) is 35.7 Å². The number of methoxy groups -OCH3 is 1. The predicted octanol–water partition coefficient (Wildman–Crippen LogP) is 2.39. The van der Waals surface area contributed by atoms with Crippen molar-refractivity contribution in [2.45, 2.75) is 37.8 Å².